The maximum Gasteiger partial charge on any atom is 0.341 e. The standard InChI is InChI=1S/C17H14BrClN2O4/c18-11-5-6-14(25-9-16(22)23)12(8-11)17(24)21-15(20)7-10-3-1-2-4-13(10)19/h1-6,8H,7,9H2,(H,22,23)(H2,20,21,24). The molecule has 2 aromatic carbocycles. The molecule has 0 aliphatic rings. The fourth-order valence-corrected chi connectivity index (χ4v) is 2.59. The van der Waals surface area contributed by atoms with Gasteiger partial charge in [0.15, 0.2) is 6.61 Å². The molecule has 2 aromatic rings. The number of amides is 1. The van der Waals surface area contributed by atoms with Crippen LogP contribution in [0.3, 0.4) is 0 Å². The van der Waals surface area contributed by atoms with Crippen LogP contribution in [-0.4, -0.2) is 29.4 Å². The third-order valence-electron chi connectivity index (χ3n) is 3.13. The molecule has 1 amide bonds. The Hall–Kier alpha value is -2.38. The van der Waals surface area contributed by atoms with Crippen molar-refractivity contribution in [1.29, 1.82) is 5.41 Å². The molecule has 6 nitrogen and oxygen atoms in total. The lowest BCUT2D eigenvalue weighted by Gasteiger charge is -2.12. The zero-order chi connectivity index (χ0) is 18.4. The van der Waals surface area contributed by atoms with Crippen LogP contribution in [0.2, 0.25) is 5.02 Å². The van der Waals surface area contributed by atoms with Crippen molar-refractivity contribution in [3.05, 3.63) is 63.1 Å². The van der Waals surface area contributed by atoms with E-state index in [9.17, 15) is 9.59 Å². The summed E-state index contributed by atoms with van der Waals surface area (Å²) in [6, 6.07) is 11.7. The Balaban J connectivity index is 2.11. The van der Waals surface area contributed by atoms with E-state index in [1.165, 1.54) is 12.1 Å². The quantitative estimate of drug-likeness (QED) is 0.487. The van der Waals surface area contributed by atoms with E-state index >= 15 is 0 Å². The second-order valence-electron chi connectivity index (χ2n) is 5.02. The molecule has 0 atom stereocenters. The lowest BCUT2D eigenvalue weighted by Crippen LogP contribution is -2.31. The van der Waals surface area contributed by atoms with Crippen molar-refractivity contribution in [2.24, 2.45) is 0 Å². The average molecular weight is 426 g/mol. The number of amidine groups is 1. The molecule has 0 bridgehead atoms. The fourth-order valence-electron chi connectivity index (χ4n) is 2.03. The van der Waals surface area contributed by atoms with Gasteiger partial charge in [-0.25, -0.2) is 4.79 Å². The molecule has 25 heavy (non-hydrogen) atoms. The predicted molar refractivity (Wildman–Crippen MR) is 97.6 cm³/mol. The number of carboxylic acid groups (broad SMARTS) is 1. The molecule has 0 aliphatic carbocycles. The Morgan fingerprint density at radius 2 is 1.96 bits per heavy atom. The Kier molecular flexibility index (Phi) is 6.55. The molecule has 0 radical (unpaired) electrons. The van der Waals surface area contributed by atoms with Gasteiger partial charge in [0.25, 0.3) is 5.91 Å². The summed E-state index contributed by atoms with van der Waals surface area (Å²) in [5.74, 6) is -1.64. The molecule has 0 aliphatic heterocycles. The number of hydrogen-bond acceptors (Lipinski definition) is 4. The number of rotatable bonds is 6. The fraction of sp³-hybridized carbons (Fsp3) is 0.118. The molecule has 0 fully saturated rings. The van der Waals surface area contributed by atoms with E-state index in [1.54, 1.807) is 30.3 Å². The summed E-state index contributed by atoms with van der Waals surface area (Å²) in [6.45, 7) is -0.570. The molecule has 2 rings (SSSR count). The maximum atomic E-state index is 12.4. The van der Waals surface area contributed by atoms with Gasteiger partial charge >= 0.3 is 5.97 Å². The molecule has 8 heteroatoms. The van der Waals surface area contributed by atoms with Crippen molar-refractivity contribution >= 4 is 45.2 Å². The highest BCUT2D eigenvalue weighted by Gasteiger charge is 2.16. The van der Waals surface area contributed by atoms with E-state index in [2.05, 4.69) is 21.2 Å². The van der Waals surface area contributed by atoms with Crippen LogP contribution in [0.15, 0.2) is 46.9 Å². The second-order valence-corrected chi connectivity index (χ2v) is 6.35. The molecule has 0 saturated heterocycles. The van der Waals surface area contributed by atoms with Crippen LogP contribution in [-0.2, 0) is 11.2 Å². The minimum absolute atomic E-state index is 0.0396. The summed E-state index contributed by atoms with van der Waals surface area (Å²) in [5, 5.41) is 19.6. The van der Waals surface area contributed by atoms with Gasteiger partial charge in [-0.3, -0.25) is 10.2 Å². The van der Waals surface area contributed by atoms with Gasteiger partial charge in [0.1, 0.15) is 11.6 Å². The van der Waals surface area contributed by atoms with Gasteiger partial charge in [-0.15, -0.1) is 0 Å². The van der Waals surface area contributed by atoms with E-state index in [0.29, 0.717) is 15.1 Å². The Bertz CT molecular complexity index is 826. The van der Waals surface area contributed by atoms with Crippen molar-refractivity contribution in [1.82, 2.24) is 5.32 Å². The monoisotopic (exact) mass is 424 g/mol. The zero-order valence-corrected chi connectivity index (χ0v) is 15.2. The molecule has 130 valence electrons. The topological polar surface area (TPSA) is 99.5 Å². The summed E-state index contributed by atoms with van der Waals surface area (Å²) in [6.07, 6.45) is 0.157. The van der Waals surface area contributed by atoms with E-state index < -0.39 is 18.5 Å². The minimum atomic E-state index is -1.15. The lowest BCUT2D eigenvalue weighted by molar-refractivity contribution is -0.139. The van der Waals surface area contributed by atoms with Crippen molar-refractivity contribution < 1.29 is 19.4 Å². The maximum absolute atomic E-state index is 12.4. The zero-order valence-electron chi connectivity index (χ0n) is 12.9. The number of ether oxygens (including phenoxy) is 1. The van der Waals surface area contributed by atoms with Gasteiger partial charge in [-0.2, -0.15) is 0 Å². The molecule has 0 spiro atoms. The number of carbonyl (C=O) groups excluding carboxylic acids is 1. The predicted octanol–water partition coefficient (Wildman–Crippen LogP) is 3.52. The highest BCUT2D eigenvalue weighted by Crippen LogP contribution is 2.23. The molecular formula is C17H14BrClN2O4. The van der Waals surface area contributed by atoms with Crippen molar-refractivity contribution in [3.8, 4) is 5.75 Å². The van der Waals surface area contributed by atoms with Crippen LogP contribution in [0.4, 0.5) is 0 Å². The summed E-state index contributed by atoms with van der Waals surface area (Å²) < 4.78 is 5.74. The Morgan fingerprint density at radius 1 is 1.24 bits per heavy atom. The van der Waals surface area contributed by atoms with Crippen LogP contribution in [0.1, 0.15) is 15.9 Å². The number of nitrogens with one attached hydrogen (secondary N) is 2. The minimum Gasteiger partial charge on any atom is -0.481 e. The molecule has 0 aromatic heterocycles. The van der Waals surface area contributed by atoms with E-state index in [0.717, 1.165) is 0 Å². The first-order chi connectivity index (χ1) is 11.9. The van der Waals surface area contributed by atoms with Crippen LogP contribution in [0.25, 0.3) is 0 Å². The van der Waals surface area contributed by atoms with Crippen LogP contribution >= 0.6 is 27.5 Å². The summed E-state index contributed by atoms with van der Waals surface area (Å²) in [7, 11) is 0. The van der Waals surface area contributed by atoms with E-state index in [-0.39, 0.29) is 23.6 Å². The lowest BCUT2D eigenvalue weighted by atomic mass is 10.1. The SMILES string of the molecule is N=C(Cc1ccccc1Cl)NC(=O)c1cc(Br)ccc1OCC(=O)O. The molecule has 0 saturated carbocycles. The van der Waals surface area contributed by atoms with Gasteiger partial charge in [0, 0.05) is 15.9 Å². The summed E-state index contributed by atoms with van der Waals surface area (Å²) in [5.41, 5.74) is 0.839. The van der Waals surface area contributed by atoms with Gasteiger partial charge in [-0.05, 0) is 29.8 Å². The highest BCUT2D eigenvalue weighted by molar-refractivity contribution is 9.10. The first-order valence-corrected chi connectivity index (χ1v) is 8.30. The number of hydrogen-bond donors (Lipinski definition) is 3. The van der Waals surface area contributed by atoms with Crippen LogP contribution in [0.5, 0.6) is 5.75 Å². The van der Waals surface area contributed by atoms with Crippen molar-refractivity contribution in [2.45, 2.75) is 6.42 Å². The van der Waals surface area contributed by atoms with Crippen molar-refractivity contribution in [3.63, 3.8) is 0 Å². The van der Waals surface area contributed by atoms with Crippen molar-refractivity contribution in [2.75, 3.05) is 6.61 Å². The van der Waals surface area contributed by atoms with Gasteiger partial charge in [0.2, 0.25) is 0 Å². The number of carboxylic acids is 1. The first kappa shape index (κ1) is 19.0. The Morgan fingerprint density at radius 3 is 2.64 bits per heavy atom. The highest BCUT2D eigenvalue weighted by atomic mass is 79.9. The van der Waals surface area contributed by atoms with Crippen LogP contribution < -0.4 is 10.1 Å². The first-order valence-electron chi connectivity index (χ1n) is 7.13. The third kappa shape index (κ3) is 5.58. The number of benzene rings is 2. The Labute approximate surface area is 157 Å². The molecule has 0 unspecified atom stereocenters. The number of halogens is 2. The van der Waals surface area contributed by atoms with E-state index in [1.807, 2.05) is 0 Å². The second kappa shape index (κ2) is 8.64. The molecule has 0 heterocycles. The summed E-state index contributed by atoms with van der Waals surface area (Å²) in [4.78, 5) is 23.1. The average Bonchev–Trinajstić information content (AvgIpc) is 2.55. The normalized spacial score (nSPS) is 10.2. The van der Waals surface area contributed by atoms with Gasteiger partial charge in [-0.1, -0.05) is 45.7 Å². The van der Waals surface area contributed by atoms with E-state index in [4.69, 9.17) is 26.9 Å². The summed E-state index contributed by atoms with van der Waals surface area (Å²) >= 11 is 9.30. The van der Waals surface area contributed by atoms with Gasteiger partial charge < -0.3 is 15.2 Å². The number of carbonyl (C=O) groups is 2. The van der Waals surface area contributed by atoms with Crippen LogP contribution in [0, 0.1) is 5.41 Å². The van der Waals surface area contributed by atoms with Gasteiger partial charge in [0.05, 0.1) is 5.56 Å². The molecule has 3 N–H and O–H groups in total. The smallest absolute Gasteiger partial charge is 0.341 e. The molecular weight excluding hydrogens is 412 g/mol. The number of aliphatic carboxylic acids is 1. The third-order valence-corrected chi connectivity index (χ3v) is 3.99. The largest absolute Gasteiger partial charge is 0.481 e.